The van der Waals surface area contributed by atoms with Crippen LogP contribution < -0.4 is 5.32 Å². The van der Waals surface area contributed by atoms with Crippen LogP contribution in [0, 0.1) is 0 Å². The van der Waals surface area contributed by atoms with Crippen LogP contribution in [0.2, 0.25) is 0 Å². The highest BCUT2D eigenvalue weighted by Gasteiger charge is 2.23. The summed E-state index contributed by atoms with van der Waals surface area (Å²) in [4.78, 5) is 2.64. The van der Waals surface area contributed by atoms with Crippen LogP contribution in [0.25, 0.3) is 0 Å². The predicted molar refractivity (Wildman–Crippen MR) is 77.7 cm³/mol. The zero-order chi connectivity index (χ0) is 12.8. The van der Waals surface area contributed by atoms with Crippen LogP contribution >= 0.6 is 0 Å². The van der Waals surface area contributed by atoms with Gasteiger partial charge in [-0.2, -0.15) is 0 Å². The van der Waals surface area contributed by atoms with Gasteiger partial charge in [-0.1, -0.05) is 50.1 Å². The summed E-state index contributed by atoms with van der Waals surface area (Å²) < 4.78 is 0. The first kappa shape index (κ1) is 13.6. The third-order valence-electron chi connectivity index (χ3n) is 4.01. The minimum Gasteiger partial charge on any atom is -0.308 e. The summed E-state index contributed by atoms with van der Waals surface area (Å²) >= 11 is 0. The first-order valence-corrected chi connectivity index (χ1v) is 7.33. The minimum absolute atomic E-state index is 0.504. The zero-order valence-electron chi connectivity index (χ0n) is 11.7. The van der Waals surface area contributed by atoms with Crippen LogP contribution in [-0.4, -0.2) is 30.6 Å². The number of hydrogen-bond donors (Lipinski definition) is 1. The lowest BCUT2D eigenvalue weighted by Crippen LogP contribution is -2.49. The van der Waals surface area contributed by atoms with E-state index in [0.717, 1.165) is 19.1 Å². The third-order valence-corrected chi connectivity index (χ3v) is 4.01. The normalized spacial score (nSPS) is 22.9. The second kappa shape index (κ2) is 6.91. The van der Waals surface area contributed by atoms with Crippen molar-refractivity contribution in [3.8, 4) is 0 Å². The van der Waals surface area contributed by atoms with Gasteiger partial charge in [-0.15, -0.1) is 0 Å². The monoisotopic (exact) mass is 246 g/mol. The van der Waals surface area contributed by atoms with Gasteiger partial charge in [-0.25, -0.2) is 0 Å². The van der Waals surface area contributed by atoms with Gasteiger partial charge in [-0.05, 0) is 18.9 Å². The van der Waals surface area contributed by atoms with Gasteiger partial charge in [-0.3, -0.25) is 4.90 Å². The summed E-state index contributed by atoms with van der Waals surface area (Å²) in [5.41, 5.74) is 1.42. The number of nitrogens with zero attached hydrogens (tertiary/aromatic N) is 1. The average molecular weight is 246 g/mol. The van der Waals surface area contributed by atoms with Gasteiger partial charge in [0.15, 0.2) is 0 Å². The maximum atomic E-state index is 3.63. The van der Waals surface area contributed by atoms with E-state index < -0.39 is 0 Å². The van der Waals surface area contributed by atoms with E-state index in [1.165, 1.54) is 31.4 Å². The van der Waals surface area contributed by atoms with Crippen molar-refractivity contribution in [3.05, 3.63) is 35.9 Å². The van der Waals surface area contributed by atoms with Gasteiger partial charge in [0.25, 0.3) is 0 Å². The molecule has 1 aromatic carbocycles. The summed E-state index contributed by atoms with van der Waals surface area (Å²) in [6, 6.07) is 12.1. The molecule has 2 nitrogen and oxygen atoms in total. The molecule has 2 unspecified atom stereocenters. The molecule has 2 heteroatoms. The van der Waals surface area contributed by atoms with E-state index in [-0.39, 0.29) is 0 Å². The number of unbranched alkanes of at least 4 members (excludes halogenated alkanes) is 1. The highest BCUT2D eigenvalue weighted by molar-refractivity contribution is 5.19. The lowest BCUT2D eigenvalue weighted by molar-refractivity contribution is 0.145. The van der Waals surface area contributed by atoms with E-state index in [9.17, 15) is 0 Å². The smallest absolute Gasteiger partial charge is 0.0449 e. The Hall–Kier alpha value is -0.860. The highest BCUT2D eigenvalue weighted by atomic mass is 15.2. The van der Waals surface area contributed by atoms with Crippen LogP contribution in [0.4, 0.5) is 0 Å². The zero-order valence-corrected chi connectivity index (χ0v) is 11.7. The minimum atomic E-state index is 0.504. The fourth-order valence-corrected chi connectivity index (χ4v) is 2.76. The number of hydrogen-bond acceptors (Lipinski definition) is 2. The standard InChI is InChI=1S/C16H26N2/c1-3-4-8-14(2)18-12-11-17-16(13-18)15-9-6-5-7-10-15/h5-7,9-10,14,16-17H,3-4,8,11-13H2,1-2H3. The summed E-state index contributed by atoms with van der Waals surface area (Å²) in [6.07, 6.45) is 3.98. The van der Waals surface area contributed by atoms with E-state index in [1.54, 1.807) is 0 Å². The third kappa shape index (κ3) is 3.56. The molecule has 100 valence electrons. The van der Waals surface area contributed by atoms with Crippen molar-refractivity contribution in [3.63, 3.8) is 0 Å². The Kier molecular flexibility index (Phi) is 5.21. The van der Waals surface area contributed by atoms with Crippen molar-refractivity contribution in [1.82, 2.24) is 10.2 Å². The molecular formula is C16H26N2. The number of rotatable bonds is 5. The van der Waals surface area contributed by atoms with Crippen molar-refractivity contribution >= 4 is 0 Å². The molecule has 0 aliphatic carbocycles. The Morgan fingerprint density at radius 2 is 2.11 bits per heavy atom. The van der Waals surface area contributed by atoms with Crippen molar-refractivity contribution in [2.75, 3.05) is 19.6 Å². The Bertz CT molecular complexity index is 336. The molecule has 1 heterocycles. The molecule has 0 amide bonds. The molecule has 0 radical (unpaired) electrons. The molecule has 1 aromatic rings. The molecule has 0 aromatic heterocycles. The molecule has 0 bridgehead atoms. The number of nitrogens with one attached hydrogen (secondary N) is 1. The topological polar surface area (TPSA) is 15.3 Å². The Morgan fingerprint density at radius 1 is 1.33 bits per heavy atom. The lowest BCUT2D eigenvalue weighted by Gasteiger charge is -2.37. The van der Waals surface area contributed by atoms with Crippen molar-refractivity contribution in [1.29, 1.82) is 0 Å². The van der Waals surface area contributed by atoms with Crippen LogP contribution in [-0.2, 0) is 0 Å². The van der Waals surface area contributed by atoms with Gasteiger partial charge in [0, 0.05) is 31.7 Å². The first-order valence-electron chi connectivity index (χ1n) is 7.33. The molecule has 0 saturated carbocycles. The molecule has 18 heavy (non-hydrogen) atoms. The Balaban J connectivity index is 1.92. The molecular weight excluding hydrogens is 220 g/mol. The molecule has 0 spiro atoms. The first-order chi connectivity index (χ1) is 8.81. The van der Waals surface area contributed by atoms with Crippen LogP contribution in [0.1, 0.15) is 44.7 Å². The number of piperazine rings is 1. The van der Waals surface area contributed by atoms with Crippen molar-refractivity contribution < 1.29 is 0 Å². The predicted octanol–water partition coefficient (Wildman–Crippen LogP) is 3.21. The van der Waals surface area contributed by atoms with Crippen LogP contribution in [0.5, 0.6) is 0 Å². The Morgan fingerprint density at radius 3 is 2.83 bits per heavy atom. The van der Waals surface area contributed by atoms with E-state index >= 15 is 0 Å². The van der Waals surface area contributed by atoms with Crippen molar-refractivity contribution in [2.24, 2.45) is 0 Å². The largest absolute Gasteiger partial charge is 0.308 e. The van der Waals surface area contributed by atoms with Gasteiger partial charge in [0.2, 0.25) is 0 Å². The van der Waals surface area contributed by atoms with E-state index in [1.807, 2.05) is 0 Å². The summed E-state index contributed by atoms with van der Waals surface area (Å²) in [7, 11) is 0. The molecule has 1 aliphatic heterocycles. The van der Waals surface area contributed by atoms with E-state index in [4.69, 9.17) is 0 Å². The van der Waals surface area contributed by atoms with E-state index in [2.05, 4.69) is 54.4 Å². The molecule has 1 fully saturated rings. The van der Waals surface area contributed by atoms with Gasteiger partial charge in [0.05, 0.1) is 0 Å². The SMILES string of the molecule is CCCCC(C)N1CCNC(c2ccccc2)C1. The van der Waals surface area contributed by atoms with Crippen LogP contribution in [0.3, 0.4) is 0 Å². The summed E-state index contributed by atoms with van der Waals surface area (Å²) in [5, 5.41) is 3.63. The molecule has 1 N–H and O–H groups in total. The second-order valence-corrected chi connectivity index (χ2v) is 5.40. The maximum absolute atomic E-state index is 3.63. The van der Waals surface area contributed by atoms with Crippen LogP contribution in [0.15, 0.2) is 30.3 Å². The fourth-order valence-electron chi connectivity index (χ4n) is 2.76. The van der Waals surface area contributed by atoms with E-state index in [0.29, 0.717) is 6.04 Å². The average Bonchev–Trinajstić information content (AvgIpc) is 2.46. The molecule has 2 rings (SSSR count). The van der Waals surface area contributed by atoms with Crippen molar-refractivity contribution in [2.45, 2.75) is 45.2 Å². The number of benzene rings is 1. The molecule has 1 saturated heterocycles. The quantitative estimate of drug-likeness (QED) is 0.858. The lowest BCUT2D eigenvalue weighted by atomic mass is 10.0. The van der Waals surface area contributed by atoms with Gasteiger partial charge in [0.1, 0.15) is 0 Å². The second-order valence-electron chi connectivity index (χ2n) is 5.40. The van der Waals surface area contributed by atoms with Gasteiger partial charge < -0.3 is 5.32 Å². The molecule has 1 aliphatic rings. The van der Waals surface area contributed by atoms with Gasteiger partial charge >= 0.3 is 0 Å². The maximum Gasteiger partial charge on any atom is 0.0449 e. The highest BCUT2D eigenvalue weighted by Crippen LogP contribution is 2.19. The molecule has 2 atom stereocenters. The fraction of sp³-hybridized carbons (Fsp3) is 0.625. The summed E-state index contributed by atoms with van der Waals surface area (Å²) in [5.74, 6) is 0. The summed E-state index contributed by atoms with van der Waals surface area (Å²) in [6.45, 7) is 8.10. The Labute approximate surface area is 111 Å².